The summed E-state index contributed by atoms with van der Waals surface area (Å²) in [6.07, 6.45) is 0. The average Bonchev–Trinajstić information content (AvgIpc) is 2.59. The molecule has 0 bridgehead atoms. The van der Waals surface area contributed by atoms with Crippen LogP contribution in [0.5, 0.6) is 0 Å². The van der Waals surface area contributed by atoms with Crippen LogP contribution in [0.1, 0.15) is 6.99 Å². The number of H-pyrrole nitrogens is 1. The van der Waals surface area contributed by atoms with Gasteiger partial charge in [0.1, 0.15) is 0 Å². The summed E-state index contributed by atoms with van der Waals surface area (Å²) in [6.45, 7) is 2.14. The third-order valence-electron chi connectivity index (χ3n) is 2.75. The second-order valence-electron chi connectivity index (χ2n) is 3.67. The second-order valence-corrected chi connectivity index (χ2v) is 3.67. The fourth-order valence-electron chi connectivity index (χ4n) is 2.02. The maximum Gasteiger partial charge on any atom is 0.0494 e. The smallest absolute Gasteiger partial charge is 0.0494 e. The van der Waals surface area contributed by atoms with Crippen LogP contribution in [0, 0.1) is 6.92 Å². The van der Waals surface area contributed by atoms with E-state index in [-0.39, 0.29) is 1.43 Å². The molecule has 0 amide bonds. The first-order chi connectivity index (χ1) is 6.86. The van der Waals surface area contributed by atoms with E-state index in [1.807, 2.05) is 0 Å². The van der Waals surface area contributed by atoms with Gasteiger partial charge < -0.3 is 4.98 Å². The van der Waals surface area contributed by atoms with E-state index in [4.69, 9.17) is 0 Å². The van der Waals surface area contributed by atoms with Gasteiger partial charge in [0.05, 0.1) is 0 Å². The monoisotopic (exact) mass is 183 g/mol. The number of benzene rings is 2. The van der Waals surface area contributed by atoms with Crippen LogP contribution < -0.4 is 0 Å². The molecule has 70 valence electrons. The van der Waals surface area contributed by atoms with Crippen LogP contribution in [-0.2, 0) is 0 Å². The highest BCUT2D eigenvalue weighted by molar-refractivity contribution is 6.08. The Morgan fingerprint density at radius 3 is 2.64 bits per heavy atom. The van der Waals surface area contributed by atoms with E-state index in [9.17, 15) is 0 Å². The second kappa shape index (κ2) is 2.61. The summed E-state index contributed by atoms with van der Waals surface area (Å²) in [5.41, 5.74) is 3.78. The first kappa shape index (κ1) is 7.63. The minimum atomic E-state index is 0. The van der Waals surface area contributed by atoms with Gasteiger partial charge in [0.2, 0.25) is 0 Å². The Balaban J connectivity index is 0.000000853. The van der Waals surface area contributed by atoms with Crippen molar-refractivity contribution in [3.63, 3.8) is 0 Å². The number of rotatable bonds is 0. The predicted octanol–water partition coefficient (Wildman–Crippen LogP) is 3.88. The molecule has 1 heterocycles. The highest BCUT2D eigenvalue weighted by Crippen LogP contribution is 2.26. The molecule has 0 aliphatic carbocycles. The number of hydrogen-bond donors (Lipinski definition) is 1. The molecular formula is C13H13N. The summed E-state index contributed by atoms with van der Waals surface area (Å²) >= 11 is 0. The Labute approximate surface area is 83.9 Å². The molecule has 0 atom stereocenters. The molecule has 1 heteroatoms. The maximum absolute atomic E-state index is 3.45. The lowest BCUT2D eigenvalue weighted by molar-refractivity contribution is 1.45. The molecule has 3 rings (SSSR count). The highest BCUT2D eigenvalue weighted by atomic mass is 14.7. The van der Waals surface area contributed by atoms with E-state index in [0.717, 1.165) is 0 Å². The molecule has 1 aromatic heterocycles. The van der Waals surface area contributed by atoms with E-state index in [1.54, 1.807) is 0 Å². The number of aromatic nitrogens is 1. The molecule has 3 aromatic rings. The van der Waals surface area contributed by atoms with Crippen molar-refractivity contribution in [3.8, 4) is 0 Å². The van der Waals surface area contributed by atoms with E-state index in [2.05, 4.69) is 54.4 Å². The van der Waals surface area contributed by atoms with Crippen molar-refractivity contribution < 1.29 is 1.43 Å². The van der Waals surface area contributed by atoms with Gasteiger partial charge in [0.25, 0.3) is 0 Å². The van der Waals surface area contributed by atoms with Crippen LogP contribution in [0.4, 0.5) is 0 Å². The first-order valence-electron chi connectivity index (χ1n) is 4.82. The Morgan fingerprint density at radius 1 is 0.929 bits per heavy atom. The zero-order valence-electron chi connectivity index (χ0n) is 8.04. The third kappa shape index (κ3) is 0.896. The zero-order chi connectivity index (χ0) is 9.54. The third-order valence-corrected chi connectivity index (χ3v) is 2.75. The molecule has 0 radical (unpaired) electrons. The van der Waals surface area contributed by atoms with Gasteiger partial charge >= 0.3 is 0 Å². The van der Waals surface area contributed by atoms with Crippen LogP contribution in [0.25, 0.3) is 21.8 Å². The van der Waals surface area contributed by atoms with Gasteiger partial charge in [-0.3, -0.25) is 0 Å². The van der Waals surface area contributed by atoms with Crippen LogP contribution in [0.3, 0.4) is 0 Å². The maximum atomic E-state index is 3.45. The molecule has 0 saturated heterocycles. The fraction of sp³-hybridized carbons (Fsp3) is 0.0769. The van der Waals surface area contributed by atoms with Crippen molar-refractivity contribution in [2.24, 2.45) is 0 Å². The number of nitrogens with one attached hydrogen (secondary N) is 1. The van der Waals surface area contributed by atoms with E-state index in [0.29, 0.717) is 0 Å². The summed E-state index contributed by atoms with van der Waals surface area (Å²) < 4.78 is 0. The summed E-state index contributed by atoms with van der Waals surface area (Å²) in [5, 5.41) is 2.63. The SMILES string of the molecule is Cc1cccc2c1[nH]c1ccccc12.[HH]. The van der Waals surface area contributed by atoms with Crippen LogP contribution in [0.15, 0.2) is 42.5 Å². The summed E-state index contributed by atoms with van der Waals surface area (Å²) in [4.78, 5) is 3.45. The van der Waals surface area contributed by atoms with Crippen molar-refractivity contribution >= 4 is 21.8 Å². The molecule has 2 aromatic carbocycles. The average molecular weight is 183 g/mol. The first-order valence-corrected chi connectivity index (χ1v) is 4.82. The van der Waals surface area contributed by atoms with Gasteiger partial charge in [-0.2, -0.15) is 0 Å². The quantitative estimate of drug-likeness (QED) is 0.544. The number of aromatic amines is 1. The van der Waals surface area contributed by atoms with Gasteiger partial charge in [-0.15, -0.1) is 0 Å². The fourth-order valence-corrected chi connectivity index (χ4v) is 2.02. The van der Waals surface area contributed by atoms with Crippen LogP contribution in [-0.4, -0.2) is 4.98 Å². The Kier molecular flexibility index (Phi) is 1.42. The van der Waals surface area contributed by atoms with Crippen LogP contribution in [0.2, 0.25) is 0 Å². The van der Waals surface area contributed by atoms with E-state index >= 15 is 0 Å². The number of para-hydroxylation sites is 2. The number of fused-ring (bicyclic) bond motifs is 3. The highest BCUT2D eigenvalue weighted by Gasteiger charge is 2.03. The van der Waals surface area contributed by atoms with Crippen molar-refractivity contribution in [2.75, 3.05) is 0 Å². The minimum absolute atomic E-state index is 0. The van der Waals surface area contributed by atoms with Crippen molar-refractivity contribution in [1.29, 1.82) is 0 Å². The standard InChI is InChI=1S/C13H11N.H2/c1-9-5-4-7-11-10-6-2-3-8-12(10)14-13(9)11;/h2-8,14H,1H3;1H. The van der Waals surface area contributed by atoms with Gasteiger partial charge in [0.15, 0.2) is 0 Å². The lowest BCUT2D eigenvalue weighted by Crippen LogP contribution is -1.73. The molecule has 0 unspecified atom stereocenters. The molecule has 0 aliphatic heterocycles. The number of aryl methyl sites for hydroxylation is 1. The molecule has 0 aliphatic rings. The summed E-state index contributed by atoms with van der Waals surface area (Å²) in [5.74, 6) is 0. The molecule has 0 spiro atoms. The molecular weight excluding hydrogens is 170 g/mol. The lowest BCUT2D eigenvalue weighted by atomic mass is 10.1. The van der Waals surface area contributed by atoms with E-state index in [1.165, 1.54) is 27.4 Å². The predicted molar refractivity (Wildman–Crippen MR) is 62.7 cm³/mol. The van der Waals surface area contributed by atoms with E-state index < -0.39 is 0 Å². The number of hydrogen-bond acceptors (Lipinski definition) is 0. The van der Waals surface area contributed by atoms with Gasteiger partial charge in [-0.1, -0.05) is 36.4 Å². The Morgan fingerprint density at radius 2 is 1.71 bits per heavy atom. The topological polar surface area (TPSA) is 15.8 Å². The Bertz CT molecular complexity index is 610. The molecule has 1 N–H and O–H groups in total. The largest absolute Gasteiger partial charge is 0.354 e. The van der Waals surface area contributed by atoms with Crippen molar-refractivity contribution in [2.45, 2.75) is 6.92 Å². The zero-order valence-corrected chi connectivity index (χ0v) is 8.04. The minimum Gasteiger partial charge on any atom is -0.354 e. The lowest BCUT2D eigenvalue weighted by Gasteiger charge is -1.93. The Hall–Kier alpha value is -1.76. The molecule has 14 heavy (non-hydrogen) atoms. The van der Waals surface area contributed by atoms with Crippen molar-refractivity contribution in [1.82, 2.24) is 4.98 Å². The molecule has 0 saturated carbocycles. The molecule has 1 nitrogen and oxygen atoms in total. The van der Waals surface area contributed by atoms with Crippen molar-refractivity contribution in [3.05, 3.63) is 48.0 Å². The van der Waals surface area contributed by atoms with Crippen LogP contribution >= 0.6 is 0 Å². The summed E-state index contributed by atoms with van der Waals surface area (Å²) in [6, 6.07) is 14.8. The van der Waals surface area contributed by atoms with Gasteiger partial charge in [-0.05, 0) is 18.6 Å². The normalized spacial score (nSPS) is 11.2. The van der Waals surface area contributed by atoms with Gasteiger partial charge in [0, 0.05) is 23.2 Å². The summed E-state index contributed by atoms with van der Waals surface area (Å²) in [7, 11) is 0. The molecule has 0 fully saturated rings. The van der Waals surface area contributed by atoms with Gasteiger partial charge in [-0.25, -0.2) is 0 Å².